The summed E-state index contributed by atoms with van der Waals surface area (Å²) in [7, 11) is 1.89. The molecule has 8 nitrogen and oxygen atoms in total. The molecule has 2 aromatic heterocycles. The summed E-state index contributed by atoms with van der Waals surface area (Å²) >= 11 is 0. The number of hydrogen-bond donors (Lipinski definition) is 1. The van der Waals surface area contributed by atoms with Gasteiger partial charge in [-0.05, 0) is 36.6 Å². The summed E-state index contributed by atoms with van der Waals surface area (Å²) in [6, 6.07) is 4.68. The molecule has 1 atom stereocenters. The second kappa shape index (κ2) is 7.99. The Balaban J connectivity index is 1.64. The molecule has 0 aliphatic carbocycles. The maximum Gasteiger partial charge on any atom is 0.256 e. The van der Waals surface area contributed by atoms with Gasteiger partial charge >= 0.3 is 0 Å². The minimum absolute atomic E-state index is 0.00737. The number of fused-ring (bicyclic) bond motifs is 1. The van der Waals surface area contributed by atoms with E-state index in [1.165, 1.54) is 24.5 Å². The molecule has 0 spiro atoms. The van der Waals surface area contributed by atoms with Crippen molar-refractivity contribution in [2.75, 3.05) is 31.9 Å². The Bertz CT molecular complexity index is 1300. The fraction of sp³-hybridized carbons (Fsp3) is 0.333. The van der Waals surface area contributed by atoms with E-state index in [9.17, 15) is 9.59 Å². The second-order valence-electron chi connectivity index (χ2n) is 8.59. The van der Waals surface area contributed by atoms with E-state index in [1.54, 1.807) is 15.9 Å². The van der Waals surface area contributed by atoms with E-state index in [1.807, 2.05) is 11.6 Å². The summed E-state index contributed by atoms with van der Waals surface area (Å²) < 4.78 is 17.1. The molecule has 0 radical (unpaired) electrons. The molecule has 2 saturated heterocycles. The molecule has 2 amide bonds. The number of amides is 2. The first-order valence-electron chi connectivity index (χ1n) is 11.0. The minimum Gasteiger partial charge on any atom is -0.383 e. The first kappa shape index (κ1) is 21.1. The average Bonchev–Trinajstić information content (AvgIpc) is 3.35. The van der Waals surface area contributed by atoms with Crippen molar-refractivity contribution in [1.29, 1.82) is 0 Å². The van der Waals surface area contributed by atoms with Gasteiger partial charge in [0, 0.05) is 50.4 Å². The molecular weight excluding hydrogens is 423 g/mol. The molecule has 2 aliphatic heterocycles. The number of nitrogens with two attached hydrogens (primary N) is 1. The highest BCUT2D eigenvalue weighted by Gasteiger charge is 2.33. The summed E-state index contributed by atoms with van der Waals surface area (Å²) in [4.78, 5) is 36.7. The van der Waals surface area contributed by atoms with Crippen molar-refractivity contribution in [2.45, 2.75) is 18.8 Å². The zero-order valence-electron chi connectivity index (χ0n) is 18.4. The first-order valence-corrected chi connectivity index (χ1v) is 11.0. The van der Waals surface area contributed by atoms with Crippen LogP contribution in [0.3, 0.4) is 0 Å². The van der Waals surface area contributed by atoms with Gasteiger partial charge in [-0.25, -0.2) is 14.4 Å². The Morgan fingerprint density at radius 3 is 2.67 bits per heavy atom. The SMILES string of the molecule is C=CC(=O)N1CCC(c2c(-c3ccc(C(=O)N4CCC4)c(F)c3)c3c(N)ncnc3n2C)C1. The number of likely N-dealkylation sites (tertiary alicyclic amines) is 2. The van der Waals surface area contributed by atoms with Gasteiger partial charge in [0.05, 0.1) is 10.9 Å². The van der Waals surface area contributed by atoms with E-state index in [0.29, 0.717) is 48.6 Å². The summed E-state index contributed by atoms with van der Waals surface area (Å²) in [6.07, 6.45) is 4.41. The van der Waals surface area contributed by atoms with Crippen molar-refractivity contribution in [2.24, 2.45) is 7.05 Å². The topological polar surface area (TPSA) is 97.3 Å². The Morgan fingerprint density at radius 1 is 1.21 bits per heavy atom. The van der Waals surface area contributed by atoms with E-state index >= 15 is 4.39 Å². The number of nitrogens with zero attached hydrogens (tertiary/aromatic N) is 5. The molecule has 170 valence electrons. The van der Waals surface area contributed by atoms with Gasteiger partial charge < -0.3 is 20.1 Å². The van der Waals surface area contributed by atoms with Crippen LogP contribution >= 0.6 is 0 Å². The van der Waals surface area contributed by atoms with Crippen molar-refractivity contribution >= 4 is 28.7 Å². The standard InChI is InChI=1S/C24H25FN6O2/c1-3-18(32)31-10-7-15(12-31)21-19(20-22(26)27-13-28-23(20)29(21)2)14-5-6-16(17(25)11-14)24(33)30-8-4-9-30/h3,5-6,11,13,15H,1,4,7-10,12H2,2H3,(H2,26,27,28). The fourth-order valence-electron chi connectivity index (χ4n) is 4.91. The quantitative estimate of drug-likeness (QED) is 0.619. The number of nitrogen functional groups attached to an aromatic ring is 1. The van der Waals surface area contributed by atoms with Gasteiger partial charge in [0.1, 0.15) is 23.6 Å². The highest BCUT2D eigenvalue weighted by molar-refractivity contribution is 6.03. The van der Waals surface area contributed by atoms with Gasteiger partial charge in [0.2, 0.25) is 5.91 Å². The van der Waals surface area contributed by atoms with Crippen molar-refractivity contribution in [1.82, 2.24) is 24.3 Å². The van der Waals surface area contributed by atoms with E-state index in [0.717, 1.165) is 24.1 Å². The number of hydrogen-bond acceptors (Lipinski definition) is 5. The Labute approximate surface area is 190 Å². The molecule has 0 bridgehead atoms. The third kappa shape index (κ3) is 3.35. The van der Waals surface area contributed by atoms with Crippen LogP contribution in [-0.2, 0) is 11.8 Å². The molecule has 5 rings (SSSR count). The fourth-order valence-corrected chi connectivity index (χ4v) is 4.91. The molecule has 1 aromatic carbocycles. The van der Waals surface area contributed by atoms with Gasteiger partial charge in [0.15, 0.2) is 0 Å². The first-order chi connectivity index (χ1) is 15.9. The van der Waals surface area contributed by atoms with Crippen LogP contribution < -0.4 is 5.73 Å². The number of rotatable bonds is 4. The number of aryl methyl sites for hydroxylation is 1. The van der Waals surface area contributed by atoms with Crippen molar-refractivity contribution < 1.29 is 14.0 Å². The summed E-state index contributed by atoms with van der Waals surface area (Å²) in [5, 5.41) is 0.643. The zero-order valence-corrected chi connectivity index (χ0v) is 18.4. The third-order valence-electron chi connectivity index (χ3n) is 6.73. The van der Waals surface area contributed by atoms with E-state index < -0.39 is 5.82 Å². The lowest BCUT2D eigenvalue weighted by Gasteiger charge is -2.31. The monoisotopic (exact) mass is 448 g/mol. The molecule has 3 aromatic rings. The van der Waals surface area contributed by atoms with Crippen LogP contribution in [0, 0.1) is 5.82 Å². The Hall–Kier alpha value is -3.75. The van der Waals surface area contributed by atoms with Gasteiger partial charge in [-0.3, -0.25) is 9.59 Å². The van der Waals surface area contributed by atoms with Gasteiger partial charge in [-0.15, -0.1) is 0 Å². The lowest BCUT2D eigenvalue weighted by atomic mass is 9.93. The van der Waals surface area contributed by atoms with Crippen molar-refractivity contribution in [3.05, 3.63) is 54.3 Å². The Kier molecular flexibility index (Phi) is 5.11. The number of halogens is 1. The molecule has 2 fully saturated rings. The molecule has 0 saturated carbocycles. The molecule has 33 heavy (non-hydrogen) atoms. The second-order valence-corrected chi connectivity index (χ2v) is 8.59. The van der Waals surface area contributed by atoms with Crippen molar-refractivity contribution in [3.63, 3.8) is 0 Å². The lowest BCUT2D eigenvalue weighted by Crippen LogP contribution is -2.42. The van der Waals surface area contributed by atoms with E-state index in [-0.39, 0.29) is 23.3 Å². The number of benzene rings is 1. The third-order valence-corrected chi connectivity index (χ3v) is 6.73. The Morgan fingerprint density at radius 2 is 2.00 bits per heavy atom. The largest absolute Gasteiger partial charge is 0.383 e. The zero-order chi connectivity index (χ0) is 23.3. The van der Waals surface area contributed by atoms with Crippen LogP contribution in [0.15, 0.2) is 37.2 Å². The van der Waals surface area contributed by atoms with Crippen LogP contribution in [-0.4, -0.2) is 62.3 Å². The highest BCUT2D eigenvalue weighted by atomic mass is 19.1. The van der Waals surface area contributed by atoms with E-state index in [2.05, 4.69) is 16.5 Å². The molecule has 4 heterocycles. The maximum absolute atomic E-state index is 15.2. The minimum atomic E-state index is -0.572. The van der Waals surface area contributed by atoms with Crippen LogP contribution in [0.5, 0.6) is 0 Å². The summed E-state index contributed by atoms with van der Waals surface area (Å²) in [5.41, 5.74) is 9.22. The number of carbonyl (C=O) groups is 2. The highest BCUT2D eigenvalue weighted by Crippen LogP contribution is 2.42. The smallest absolute Gasteiger partial charge is 0.256 e. The number of aromatic nitrogens is 3. The van der Waals surface area contributed by atoms with E-state index in [4.69, 9.17) is 5.73 Å². The summed E-state index contributed by atoms with van der Waals surface area (Å²) in [6.45, 7) is 6.02. The van der Waals surface area contributed by atoms with Crippen molar-refractivity contribution in [3.8, 4) is 11.1 Å². The maximum atomic E-state index is 15.2. The number of carbonyl (C=O) groups excluding carboxylic acids is 2. The number of anilines is 1. The molecule has 9 heteroatoms. The molecular formula is C24H25FN6O2. The predicted molar refractivity (Wildman–Crippen MR) is 123 cm³/mol. The molecule has 1 unspecified atom stereocenters. The predicted octanol–water partition coefficient (Wildman–Crippen LogP) is 2.70. The van der Waals surface area contributed by atoms with Crippen LogP contribution in [0.25, 0.3) is 22.2 Å². The van der Waals surface area contributed by atoms with Gasteiger partial charge in [0.25, 0.3) is 5.91 Å². The van der Waals surface area contributed by atoms with Crippen LogP contribution in [0.1, 0.15) is 34.8 Å². The van der Waals surface area contributed by atoms with Gasteiger partial charge in [-0.1, -0.05) is 12.6 Å². The van der Waals surface area contributed by atoms with Crippen LogP contribution in [0.2, 0.25) is 0 Å². The summed E-state index contributed by atoms with van der Waals surface area (Å²) in [5.74, 6) is -0.668. The molecule has 2 aliphatic rings. The molecule has 2 N–H and O–H groups in total. The van der Waals surface area contributed by atoms with Crippen LogP contribution in [0.4, 0.5) is 10.2 Å². The lowest BCUT2D eigenvalue weighted by molar-refractivity contribution is -0.125. The normalized spacial score (nSPS) is 17.9. The van der Waals surface area contributed by atoms with Gasteiger partial charge in [-0.2, -0.15) is 0 Å². The average molecular weight is 449 g/mol.